The maximum Gasteiger partial charge on any atom is 0.312 e. The first kappa shape index (κ1) is 11.2. The van der Waals surface area contributed by atoms with E-state index in [1.807, 2.05) is 0 Å². The van der Waals surface area contributed by atoms with Crippen molar-refractivity contribution in [3.05, 3.63) is 21.5 Å². The van der Waals surface area contributed by atoms with Crippen LogP contribution in [0.1, 0.15) is 24.4 Å². The molecule has 0 unspecified atom stereocenters. The zero-order valence-electron chi connectivity index (χ0n) is 8.72. The van der Waals surface area contributed by atoms with Crippen LogP contribution in [-0.2, 0) is 4.79 Å². The molecule has 1 aromatic heterocycles. The highest BCUT2D eigenvalue weighted by molar-refractivity contribution is 5.78. The molecule has 82 valence electrons. The first-order valence-corrected chi connectivity index (χ1v) is 4.35. The Bertz CT molecular complexity index is 424. The quantitative estimate of drug-likeness (QED) is 0.580. The molecule has 0 aliphatic heterocycles. The van der Waals surface area contributed by atoms with Gasteiger partial charge in [-0.05, 0) is 20.8 Å². The molecule has 1 atom stereocenters. The predicted octanol–water partition coefficient (Wildman–Crippen LogP) is 0.454. The Hall–Kier alpha value is -1.92. The summed E-state index contributed by atoms with van der Waals surface area (Å²) < 4.78 is 1.27. The smallest absolute Gasteiger partial charge is 0.312 e. The minimum absolute atomic E-state index is 0.0666. The van der Waals surface area contributed by atoms with Gasteiger partial charge in [-0.3, -0.25) is 19.6 Å². The minimum atomic E-state index is -0.683. The maximum atomic E-state index is 10.9. The Kier molecular flexibility index (Phi) is 2.74. The number of rotatable bonds is 3. The largest absolute Gasteiger partial charge is 0.368 e. The third-order valence-corrected chi connectivity index (χ3v) is 2.25. The number of carbonyl (C=O) groups is 1. The Morgan fingerprint density at radius 2 is 2.13 bits per heavy atom. The van der Waals surface area contributed by atoms with Crippen molar-refractivity contribution in [3.8, 4) is 0 Å². The molecular weight excluding hydrogens is 200 g/mol. The summed E-state index contributed by atoms with van der Waals surface area (Å²) in [5, 5.41) is 14.6. The lowest BCUT2D eigenvalue weighted by Gasteiger charge is -2.08. The molecule has 1 amide bonds. The van der Waals surface area contributed by atoms with Crippen LogP contribution >= 0.6 is 0 Å². The molecular formula is C8H12N4O3. The van der Waals surface area contributed by atoms with E-state index in [2.05, 4.69) is 5.10 Å². The topological polar surface area (TPSA) is 104 Å². The second-order valence-corrected chi connectivity index (χ2v) is 3.30. The van der Waals surface area contributed by atoms with E-state index in [4.69, 9.17) is 5.73 Å². The van der Waals surface area contributed by atoms with Crippen molar-refractivity contribution in [3.63, 3.8) is 0 Å². The van der Waals surface area contributed by atoms with Gasteiger partial charge in [0, 0.05) is 0 Å². The van der Waals surface area contributed by atoms with E-state index in [0.29, 0.717) is 5.69 Å². The first-order valence-electron chi connectivity index (χ1n) is 4.35. The molecule has 0 aromatic carbocycles. The zero-order chi connectivity index (χ0) is 11.7. The van der Waals surface area contributed by atoms with Crippen molar-refractivity contribution < 1.29 is 9.72 Å². The SMILES string of the molecule is Cc1nn([C@H](C)C(N)=O)c(C)c1[N+](=O)[O-]. The van der Waals surface area contributed by atoms with E-state index in [9.17, 15) is 14.9 Å². The standard InChI is InChI=1S/C8H12N4O3/c1-4-7(12(14)15)5(2)11(10-4)6(3)8(9)13/h6H,1-3H3,(H2,9,13)/t6-/m1/s1. The van der Waals surface area contributed by atoms with Crippen LogP contribution in [0.15, 0.2) is 0 Å². The van der Waals surface area contributed by atoms with Crippen LogP contribution in [0.25, 0.3) is 0 Å². The lowest BCUT2D eigenvalue weighted by atomic mass is 10.3. The average molecular weight is 212 g/mol. The lowest BCUT2D eigenvalue weighted by Crippen LogP contribution is -2.25. The Morgan fingerprint density at radius 1 is 1.60 bits per heavy atom. The van der Waals surface area contributed by atoms with Crippen LogP contribution in [0.4, 0.5) is 5.69 Å². The molecule has 0 aliphatic carbocycles. The fourth-order valence-electron chi connectivity index (χ4n) is 1.42. The van der Waals surface area contributed by atoms with E-state index in [-0.39, 0.29) is 11.4 Å². The number of amides is 1. The summed E-state index contributed by atoms with van der Waals surface area (Å²) in [7, 11) is 0. The first-order chi connectivity index (χ1) is 6.86. The highest BCUT2D eigenvalue weighted by Gasteiger charge is 2.25. The molecule has 0 saturated carbocycles. The van der Waals surface area contributed by atoms with Gasteiger partial charge in [0.1, 0.15) is 17.4 Å². The summed E-state index contributed by atoms with van der Waals surface area (Å²) in [5.41, 5.74) is 5.66. The Balaban J connectivity index is 3.29. The van der Waals surface area contributed by atoms with Gasteiger partial charge < -0.3 is 5.73 Å². The normalized spacial score (nSPS) is 12.5. The molecule has 0 aliphatic rings. The molecule has 1 rings (SSSR count). The van der Waals surface area contributed by atoms with Gasteiger partial charge in [0.25, 0.3) is 0 Å². The number of aryl methyl sites for hydroxylation is 1. The van der Waals surface area contributed by atoms with E-state index in [0.717, 1.165) is 0 Å². The van der Waals surface area contributed by atoms with Gasteiger partial charge in [-0.1, -0.05) is 0 Å². The van der Waals surface area contributed by atoms with Crippen LogP contribution in [-0.4, -0.2) is 20.6 Å². The molecule has 7 heteroatoms. The second kappa shape index (κ2) is 3.68. The monoisotopic (exact) mass is 212 g/mol. The summed E-state index contributed by atoms with van der Waals surface area (Å²) in [4.78, 5) is 21.1. The van der Waals surface area contributed by atoms with Crippen molar-refractivity contribution in [1.82, 2.24) is 9.78 Å². The summed E-state index contributed by atoms with van der Waals surface area (Å²) in [6.45, 7) is 4.61. The Labute approximate surface area is 86.0 Å². The van der Waals surface area contributed by atoms with Crippen LogP contribution in [0.5, 0.6) is 0 Å². The van der Waals surface area contributed by atoms with Gasteiger partial charge in [0.05, 0.1) is 4.92 Å². The van der Waals surface area contributed by atoms with Crippen LogP contribution < -0.4 is 5.73 Å². The molecule has 0 bridgehead atoms. The molecule has 0 spiro atoms. The summed E-state index contributed by atoms with van der Waals surface area (Å²) >= 11 is 0. The molecule has 15 heavy (non-hydrogen) atoms. The van der Waals surface area contributed by atoms with Gasteiger partial charge in [0.2, 0.25) is 5.91 Å². The van der Waals surface area contributed by atoms with Crippen LogP contribution in [0.2, 0.25) is 0 Å². The number of nitro groups is 1. The number of carbonyl (C=O) groups excluding carboxylic acids is 1. The number of nitrogens with zero attached hydrogens (tertiary/aromatic N) is 3. The van der Waals surface area contributed by atoms with Crippen molar-refractivity contribution in [2.75, 3.05) is 0 Å². The number of aromatic nitrogens is 2. The molecule has 2 N–H and O–H groups in total. The fraction of sp³-hybridized carbons (Fsp3) is 0.500. The van der Waals surface area contributed by atoms with E-state index < -0.39 is 16.9 Å². The molecule has 0 radical (unpaired) electrons. The highest BCUT2D eigenvalue weighted by Crippen LogP contribution is 2.24. The fourth-order valence-corrected chi connectivity index (χ4v) is 1.42. The van der Waals surface area contributed by atoms with Crippen LogP contribution in [0, 0.1) is 24.0 Å². The van der Waals surface area contributed by atoms with E-state index >= 15 is 0 Å². The zero-order valence-corrected chi connectivity index (χ0v) is 8.72. The number of hydrogen-bond donors (Lipinski definition) is 1. The van der Waals surface area contributed by atoms with Crippen LogP contribution in [0.3, 0.4) is 0 Å². The molecule has 0 saturated heterocycles. The van der Waals surface area contributed by atoms with E-state index in [1.54, 1.807) is 6.92 Å². The van der Waals surface area contributed by atoms with Crippen molar-refractivity contribution >= 4 is 11.6 Å². The minimum Gasteiger partial charge on any atom is -0.368 e. The third-order valence-electron chi connectivity index (χ3n) is 2.25. The molecule has 0 fully saturated rings. The highest BCUT2D eigenvalue weighted by atomic mass is 16.6. The third kappa shape index (κ3) is 1.80. The van der Waals surface area contributed by atoms with Crippen molar-refractivity contribution in [2.24, 2.45) is 5.73 Å². The number of hydrogen-bond acceptors (Lipinski definition) is 4. The summed E-state index contributed by atoms with van der Waals surface area (Å²) in [5.74, 6) is -0.574. The maximum absolute atomic E-state index is 10.9. The van der Waals surface area contributed by atoms with Crippen molar-refractivity contribution in [1.29, 1.82) is 0 Å². The van der Waals surface area contributed by atoms with Gasteiger partial charge in [0.15, 0.2) is 0 Å². The molecule has 1 aromatic rings. The number of nitrogens with two attached hydrogens (primary N) is 1. The van der Waals surface area contributed by atoms with Gasteiger partial charge >= 0.3 is 5.69 Å². The van der Waals surface area contributed by atoms with Gasteiger partial charge in [-0.25, -0.2) is 0 Å². The molecule has 1 heterocycles. The summed E-state index contributed by atoms with van der Waals surface area (Å²) in [6, 6.07) is -0.683. The van der Waals surface area contributed by atoms with E-state index in [1.165, 1.54) is 18.5 Å². The van der Waals surface area contributed by atoms with Crippen molar-refractivity contribution in [2.45, 2.75) is 26.8 Å². The average Bonchev–Trinajstić information content (AvgIpc) is 2.40. The Morgan fingerprint density at radius 3 is 2.47 bits per heavy atom. The number of primary amides is 1. The molecule has 7 nitrogen and oxygen atoms in total. The van der Waals surface area contributed by atoms with Gasteiger partial charge in [-0.2, -0.15) is 5.10 Å². The lowest BCUT2D eigenvalue weighted by molar-refractivity contribution is -0.386. The van der Waals surface area contributed by atoms with Gasteiger partial charge in [-0.15, -0.1) is 0 Å². The second-order valence-electron chi connectivity index (χ2n) is 3.30. The predicted molar refractivity (Wildman–Crippen MR) is 52.3 cm³/mol. The summed E-state index contributed by atoms with van der Waals surface area (Å²) in [6.07, 6.45) is 0.